The highest BCUT2D eigenvalue weighted by Crippen LogP contribution is 2.30. The summed E-state index contributed by atoms with van der Waals surface area (Å²) in [5.74, 6) is -0.599. The van der Waals surface area contributed by atoms with E-state index in [0.717, 1.165) is 34.7 Å². The molecule has 0 saturated carbocycles. The maximum absolute atomic E-state index is 13.1. The fraction of sp³-hybridized carbons (Fsp3) is 0.107. The van der Waals surface area contributed by atoms with Crippen LogP contribution in [0.25, 0.3) is 0 Å². The van der Waals surface area contributed by atoms with E-state index in [4.69, 9.17) is 0 Å². The van der Waals surface area contributed by atoms with E-state index in [-0.39, 0.29) is 27.8 Å². The van der Waals surface area contributed by atoms with Gasteiger partial charge in [0.1, 0.15) is 17.3 Å². The molecule has 4 N–H and O–H groups in total. The Morgan fingerprint density at radius 3 is 2.12 bits per heavy atom. The highest BCUT2D eigenvalue weighted by atomic mass is 32.2. The zero-order chi connectivity index (χ0) is 30.3. The number of nitrogens with one attached hydrogen (secondary N) is 3. The van der Waals surface area contributed by atoms with Gasteiger partial charge < -0.3 is 20.5 Å². The number of amides is 2. The van der Waals surface area contributed by atoms with Crippen LogP contribution in [0.1, 0.15) is 5.56 Å². The molecule has 42 heavy (non-hydrogen) atoms. The number of ether oxygens (including phenoxy) is 1. The summed E-state index contributed by atoms with van der Waals surface area (Å²) in [4.78, 5) is 13.1. The maximum Gasteiger partial charge on any atom is 0.573 e. The minimum atomic E-state index is -4.73. The third-order valence-corrected chi connectivity index (χ3v) is 7.95. The van der Waals surface area contributed by atoms with Crippen LogP contribution in [-0.2, 0) is 16.4 Å². The second-order valence-electron chi connectivity index (χ2n) is 8.69. The predicted octanol–water partition coefficient (Wildman–Crippen LogP) is 7.21. The number of rotatable bonds is 10. The second kappa shape index (κ2) is 13.0. The van der Waals surface area contributed by atoms with Gasteiger partial charge in [-0.05, 0) is 90.8 Å². The first-order valence-electron chi connectivity index (χ1n) is 12.1. The summed E-state index contributed by atoms with van der Waals surface area (Å²) in [6.45, 7) is 0. The Balaban J connectivity index is 1.27. The highest BCUT2D eigenvalue weighted by Gasteiger charge is 2.31. The number of aryl methyl sites for hydroxylation is 1. The monoisotopic (exact) mass is 621 g/mol. The number of anilines is 3. The number of carbonyl (C=O) groups excluding carboxylic acids is 1. The minimum absolute atomic E-state index is 0.189. The summed E-state index contributed by atoms with van der Waals surface area (Å²) >= 11 is 1.47. The molecule has 4 aromatic rings. The van der Waals surface area contributed by atoms with Gasteiger partial charge >= 0.3 is 12.4 Å². The molecule has 0 aliphatic heterocycles. The van der Waals surface area contributed by atoms with Crippen LogP contribution in [0, 0.1) is 5.82 Å². The number of phenols is 1. The normalized spacial score (nSPS) is 11.5. The molecule has 0 spiro atoms. The third kappa shape index (κ3) is 9.04. The molecule has 2 amide bonds. The van der Waals surface area contributed by atoms with E-state index in [2.05, 4.69) is 20.1 Å². The second-order valence-corrected chi connectivity index (χ2v) is 11.5. The summed E-state index contributed by atoms with van der Waals surface area (Å²) in [6.07, 6.45) is -4.07. The summed E-state index contributed by atoms with van der Waals surface area (Å²) in [5, 5.41) is 15.3. The van der Waals surface area contributed by atoms with E-state index < -0.39 is 28.2 Å². The van der Waals surface area contributed by atoms with E-state index in [9.17, 15) is 35.9 Å². The molecule has 0 fully saturated rings. The van der Waals surface area contributed by atoms with Crippen molar-refractivity contribution < 1.29 is 40.6 Å². The number of phenolic OH excluding ortho intramolecular Hbond substituents is 1. The molecule has 0 heterocycles. The summed E-state index contributed by atoms with van der Waals surface area (Å²) in [5.41, 5.74) is 1.46. The molecule has 0 aliphatic carbocycles. The third-order valence-electron chi connectivity index (χ3n) is 5.55. The van der Waals surface area contributed by atoms with Crippen LogP contribution in [0.15, 0.2) is 101 Å². The number of sulfonamides is 1. The zero-order valence-corrected chi connectivity index (χ0v) is 23.1. The number of hydrogen-bond acceptors (Lipinski definition) is 6. The molecule has 0 aliphatic rings. The lowest BCUT2D eigenvalue weighted by Crippen LogP contribution is -2.19. The molecule has 8 nitrogen and oxygen atoms in total. The Kier molecular flexibility index (Phi) is 9.48. The molecule has 0 saturated heterocycles. The summed E-state index contributed by atoms with van der Waals surface area (Å²) in [7, 11) is -4.13. The number of benzene rings is 4. The Morgan fingerprint density at radius 2 is 1.48 bits per heavy atom. The fourth-order valence-corrected chi connectivity index (χ4v) is 5.55. The molecule has 0 bridgehead atoms. The van der Waals surface area contributed by atoms with Crippen molar-refractivity contribution in [3.05, 3.63) is 102 Å². The molecule has 220 valence electrons. The quantitative estimate of drug-likeness (QED) is 0.0644. The average Bonchev–Trinajstić information content (AvgIpc) is 2.92. The molecule has 4 aromatic carbocycles. The van der Waals surface area contributed by atoms with E-state index in [1.54, 1.807) is 24.3 Å². The predicted molar refractivity (Wildman–Crippen MR) is 152 cm³/mol. The summed E-state index contributed by atoms with van der Waals surface area (Å²) in [6, 6.07) is 20.0. The molecule has 14 heteroatoms. The van der Waals surface area contributed by atoms with Crippen molar-refractivity contribution in [2.24, 2.45) is 0 Å². The van der Waals surface area contributed by atoms with Crippen molar-refractivity contribution in [2.75, 3.05) is 21.1 Å². The van der Waals surface area contributed by atoms with Gasteiger partial charge in [0.25, 0.3) is 10.0 Å². The first-order valence-corrected chi connectivity index (χ1v) is 14.6. The Morgan fingerprint density at radius 1 is 0.857 bits per heavy atom. The lowest BCUT2D eigenvalue weighted by atomic mass is 10.1. The molecule has 0 atom stereocenters. The number of halogens is 4. The Bertz CT molecular complexity index is 1630. The first kappa shape index (κ1) is 30.5. The molecule has 0 aromatic heterocycles. The van der Waals surface area contributed by atoms with Crippen LogP contribution < -0.4 is 20.1 Å². The number of alkyl halides is 3. The largest absolute Gasteiger partial charge is 0.573 e. The first-order chi connectivity index (χ1) is 19.9. The van der Waals surface area contributed by atoms with Crippen molar-refractivity contribution in [3.8, 4) is 11.5 Å². The van der Waals surface area contributed by atoms with Crippen molar-refractivity contribution >= 4 is 44.9 Å². The van der Waals surface area contributed by atoms with Crippen LogP contribution in [-0.4, -0.2) is 31.7 Å². The van der Waals surface area contributed by atoms with Crippen LogP contribution in [0.4, 0.5) is 39.4 Å². The molecule has 0 radical (unpaired) electrons. The van der Waals surface area contributed by atoms with Gasteiger partial charge in [0.2, 0.25) is 0 Å². The van der Waals surface area contributed by atoms with Gasteiger partial charge in [-0.1, -0.05) is 12.1 Å². The van der Waals surface area contributed by atoms with Crippen LogP contribution in [0.2, 0.25) is 0 Å². The standard InChI is InChI=1S/C28H23F4N3O5S2/c29-19-3-12-24(13-4-19)42(38,39)35-25-17-21(7-14-26(25)36)34-27(37)33-20-5-1-18(2-6-20)15-16-41-23-10-8-22(9-11-23)40-28(30,31)32/h1-14,17,35-36H,15-16H2,(H2,33,34,37). The van der Waals surface area contributed by atoms with Crippen LogP contribution in [0.5, 0.6) is 11.5 Å². The zero-order valence-electron chi connectivity index (χ0n) is 21.5. The maximum atomic E-state index is 13.1. The smallest absolute Gasteiger partial charge is 0.506 e. The van der Waals surface area contributed by atoms with Crippen LogP contribution in [0.3, 0.4) is 0 Å². The molecule has 4 rings (SSSR count). The van der Waals surface area contributed by atoms with Gasteiger partial charge in [0.15, 0.2) is 0 Å². The summed E-state index contributed by atoms with van der Waals surface area (Å²) < 4.78 is 81.2. The number of aromatic hydroxyl groups is 1. The molecular formula is C28H23F4N3O5S2. The van der Waals surface area contributed by atoms with Gasteiger partial charge in [-0.2, -0.15) is 0 Å². The van der Waals surface area contributed by atoms with Gasteiger partial charge in [0, 0.05) is 22.0 Å². The average molecular weight is 622 g/mol. The van der Waals surface area contributed by atoms with E-state index >= 15 is 0 Å². The minimum Gasteiger partial charge on any atom is -0.506 e. The highest BCUT2D eigenvalue weighted by molar-refractivity contribution is 7.99. The van der Waals surface area contributed by atoms with E-state index in [1.165, 1.54) is 42.1 Å². The molecular weight excluding hydrogens is 598 g/mol. The topological polar surface area (TPSA) is 117 Å². The van der Waals surface area contributed by atoms with Crippen molar-refractivity contribution in [1.82, 2.24) is 0 Å². The lowest BCUT2D eigenvalue weighted by molar-refractivity contribution is -0.274. The Labute approximate surface area is 242 Å². The fourth-order valence-electron chi connectivity index (χ4n) is 3.59. The lowest BCUT2D eigenvalue weighted by Gasteiger charge is -2.13. The van der Waals surface area contributed by atoms with Gasteiger partial charge in [-0.3, -0.25) is 4.72 Å². The number of urea groups is 1. The number of hydrogen-bond donors (Lipinski definition) is 4. The van der Waals surface area contributed by atoms with Crippen molar-refractivity contribution in [1.29, 1.82) is 0 Å². The van der Waals surface area contributed by atoms with Gasteiger partial charge in [-0.15, -0.1) is 24.9 Å². The van der Waals surface area contributed by atoms with Crippen molar-refractivity contribution in [2.45, 2.75) is 22.6 Å². The Hall–Kier alpha value is -4.43. The van der Waals surface area contributed by atoms with E-state index in [1.807, 2.05) is 12.1 Å². The van der Waals surface area contributed by atoms with Gasteiger partial charge in [-0.25, -0.2) is 17.6 Å². The van der Waals surface area contributed by atoms with Crippen molar-refractivity contribution in [3.63, 3.8) is 0 Å². The van der Waals surface area contributed by atoms with E-state index in [0.29, 0.717) is 17.9 Å². The van der Waals surface area contributed by atoms with Gasteiger partial charge in [0.05, 0.1) is 10.6 Å². The van der Waals surface area contributed by atoms with Crippen LogP contribution >= 0.6 is 11.8 Å². The SMILES string of the molecule is O=C(Nc1ccc(CCSc2ccc(OC(F)(F)F)cc2)cc1)Nc1ccc(O)c(NS(=O)(=O)c2ccc(F)cc2)c1. The molecule has 0 unspecified atom stereocenters. The number of carbonyl (C=O) groups is 1. The number of thioether (sulfide) groups is 1.